The normalized spacial score (nSPS) is 17.0. The van der Waals surface area contributed by atoms with Gasteiger partial charge in [0.1, 0.15) is 5.52 Å². The van der Waals surface area contributed by atoms with Crippen LogP contribution in [0, 0.1) is 6.92 Å². The third-order valence-corrected chi connectivity index (χ3v) is 3.99. The number of aromatic nitrogens is 1. The predicted octanol–water partition coefficient (Wildman–Crippen LogP) is 1.66. The molecular weight excluding hydrogens is 294 g/mol. The number of nitrogens with zero attached hydrogens (tertiary/aromatic N) is 3. The molecular formula is C17H23N3O3. The molecule has 124 valence electrons. The Labute approximate surface area is 135 Å². The van der Waals surface area contributed by atoms with Gasteiger partial charge in [-0.3, -0.25) is 9.69 Å². The first-order chi connectivity index (χ1) is 10.8. The molecule has 1 N–H and O–H groups in total. The van der Waals surface area contributed by atoms with Gasteiger partial charge in [-0.2, -0.15) is 0 Å². The van der Waals surface area contributed by atoms with Gasteiger partial charge in [0.05, 0.1) is 5.60 Å². The Morgan fingerprint density at radius 2 is 2.00 bits per heavy atom. The first-order valence-electron chi connectivity index (χ1n) is 7.93. The van der Waals surface area contributed by atoms with Crippen LogP contribution in [0.25, 0.3) is 11.1 Å². The van der Waals surface area contributed by atoms with Crippen LogP contribution in [0.1, 0.15) is 30.1 Å². The summed E-state index contributed by atoms with van der Waals surface area (Å²) in [6.07, 6.45) is 0. The van der Waals surface area contributed by atoms with Crippen LogP contribution in [0.5, 0.6) is 0 Å². The van der Waals surface area contributed by atoms with Gasteiger partial charge < -0.3 is 14.4 Å². The number of pyridine rings is 1. The minimum atomic E-state index is -0.714. The number of carbonyl (C=O) groups is 1. The van der Waals surface area contributed by atoms with Gasteiger partial charge in [0.25, 0.3) is 5.91 Å². The molecule has 1 fully saturated rings. The molecule has 0 atom stereocenters. The molecule has 1 aliphatic heterocycles. The summed E-state index contributed by atoms with van der Waals surface area (Å²) in [5.41, 5.74) is 1.54. The first-order valence-corrected chi connectivity index (χ1v) is 7.93. The van der Waals surface area contributed by atoms with Gasteiger partial charge in [0, 0.05) is 44.5 Å². The summed E-state index contributed by atoms with van der Waals surface area (Å²) >= 11 is 0. The minimum absolute atomic E-state index is 0.0939. The van der Waals surface area contributed by atoms with Crippen LogP contribution in [-0.4, -0.2) is 64.1 Å². The van der Waals surface area contributed by atoms with E-state index in [0.717, 1.165) is 18.8 Å². The Morgan fingerprint density at radius 3 is 2.65 bits per heavy atom. The Morgan fingerprint density at radius 1 is 1.30 bits per heavy atom. The molecule has 0 unspecified atom stereocenters. The highest BCUT2D eigenvalue weighted by Gasteiger charge is 2.27. The lowest BCUT2D eigenvalue weighted by Gasteiger charge is -2.36. The highest BCUT2D eigenvalue weighted by atomic mass is 16.3. The number of aryl methyl sites for hydroxylation is 1. The lowest BCUT2D eigenvalue weighted by molar-refractivity contribution is 0.0172. The van der Waals surface area contributed by atoms with Crippen molar-refractivity contribution in [1.82, 2.24) is 14.8 Å². The van der Waals surface area contributed by atoms with E-state index in [2.05, 4.69) is 9.88 Å². The highest BCUT2D eigenvalue weighted by molar-refractivity contribution is 5.95. The van der Waals surface area contributed by atoms with Gasteiger partial charge in [-0.05, 0) is 32.9 Å². The molecule has 0 bridgehead atoms. The zero-order valence-corrected chi connectivity index (χ0v) is 13.9. The van der Waals surface area contributed by atoms with Crippen LogP contribution in [0.4, 0.5) is 0 Å². The van der Waals surface area contributed by atoms with E-state index in [4.69, 9.17) is 4.42 Å². The van der Waals surface area contributed by atoms with E-state index in [1.165, 1.54) is 0 Å². The lowest BCUT2D eigenvalue weighted by Crippen LogP contribution is -2.51. The third kappa shape index (κ3) is 3.71. The number of rotatable bonds is 3. The Bertz CT molecular complexity index is 709. The van der Waals surface area contributed by atoms with Crippen molar-refractivity contribution in [3.8, 4) is 0 Å². The molecule has 3 rings (SSSR count). The van der Waals surface area contributed by atoms with Crippen molar-refractivity contribution in [2.75, 3.05) is 32.7 Å². The number of carbonyl (C=O) groups excluding carboxylic acids is 1. The molecule has 1 aliphatic rings. The van der Waals surface area contributed by atoms with E-state index in [1.807, 2.05) is 19.1 Å². The summed E-state index contributed by atoms with van der Waals surface area (Å²) in [5.74, 6) is 0.248. The number of hydrogen-bond acceptors (Lipinski definition) is 5. The molecule has 23 heavy (non-hydrogen) atoms. The highest BCUT2D eigenvalue weighted by Crippen LogP contribution is 2.20. The van der Waals surface area contributed by atoms with Crippen LogP contribution >= 0.6 is 0 Å². The molecule has 1 saturated heterocycles. The number of hydrogen-bond donors (Lipinski definition) is 1. The molecule has 2 aromatic heterocycles. The summed E-state index contributed by atoms with van der Waals surface area (Å²) in [5, 5.41) is 9.88. The van der Waals surface area contributed by atoms with Crippen molar-refractivity contribution in [2.45, 2.75) is 26.4 Å². The van der Waals surface area contributed by atoms with Crippen LogP contribution in [0.2, 0.25) is 0 Å². The molecule has 0 aromatic carbocycles. The number of fused-ring (bicyclic) bond motifs is 1. The van der Waals surface area contributed by atoms with Gasteiger partial charge in [0.2, 0.25) is 0 Å². The maximum absolute atomic E-state index is 12.6. The van der Waals surface area contributed by atoms with Crippen LogP contribution in [0.15, 0.2) is 22.6 Å². The molecule has 2 aromatic rings. The van der Waals surface area contributed by atoms with Crippen molar-refractivity contribution >= 4 is 17.0 Å². The van der Waals surface area contributed by atoms with Crippen molar-refractivity contribution < 1.29 is 14.3 Å². The molecule has 1 amide bonds. The second-order valence-corrected chi connectivity index (χ2v) is 6.83. The van der Waals surface area contributed by atoms with Gasteiger partial charge in [0.15, 0.2) is 11.3 Å². The minimum Gasteiger partial charge on any atom is -0.449 e. The molecule has 0 saturated carbocycles. The molecule has 0 radical (unpaired) electrons. The van der Waals surface area contributed by atoms with Crippen molar-refractivity contribution in [1.29, 1.82) is 0 Å². The molecule has 6 heteroatoms. The van der Waals surface area contributed by atoms with E-state index in [0.29, 0.717) is 36.5 Å². The molecule has 0 spiro atoms. The Balaban J connectivity index is 1.66. The monoisotopic (exact) mass is 317 g/mol. The summed E-state index contributed by atoms with van der Waals surface area (Å²) in [4.78, 5) is 20.9. The second-order valence-electron chi connectivity index (χ2n) is 6.83. The van der Waals surface area contributed by atoms with Gasteiger partial charge in [-0.1, -0.05) is 0 Å². The van der Waals surface area contributed by atoms with Gasteiger partial charge >= 0.3 is 0 Å². The number of furan rings is 1. The van der Waals surface area contributed by atoms with Crippen LogP contribution in [-0.2, 0) is 0 Å². The number of piperazine rings is 1. The van der Waals surface area contributed by atoms with Crippen LogP contribution in [0.3, 0.4) is 0 Å². The summed E-state index contributed by atoms with van der Waals surface area (Å²) in [7, 11) is 0. The predicted molar refractivity (Wildman–Crippen MR) is 87.4 cm³/mol. The SMILES string of the molecule is Cc1ccc2oc(C(=O)N3CCN(CC(C)(C)O)CC3)cc2n1. The second kappa shape index (κ2) is 5.94. The van der Waals surface area contributed by atoms with Gasteiger partial charge in [-0.15, -0.1) is 0 Å². The first kappa shape index (κ1) is 16.0. The van der Waals surface area contributed by atoms with E-state index in [9.17, 15) is 9.90 Å². The summed E-state index contributed by atoms with van der Waals surface area (Å²) < 4.78 is 5.64. The molecule has 0 aliphatic carbocycles. The quantitative estimate of drug-likeness (QED) is 0.932. The average molecular weight is 317 g/mol. The fraction of sp³-hybridized carbons (Fsp3) is 0.529. The maximum Gasteiger partial charge on any atom is 0.289 e. The largest absolute Gasteiger partial charge is 0.449 e. The van der Waals surface area contributed by atoms with E-state index >= 15 is 0 Å². The van der Waals surface area contributed by atoms with E-state index in [-0.39, 0.29) is 5.91 Å². The zero-order valence-electron chi connectivity index (χ0n) is 13.9. The van der Waals surface area contributed by atoms with Gasteiger partial charge in [-0.25, -0.2) is 4.98 Å². The standard InChI is InChI=1S/C17H23N3O3/c1-12-4-5-14-13(18-12)10-15(23-14)16(21)20-8-6-19(7-9-20)11-17(2,3)22/h4-5,10,22H,6-9,11H2,1-3H3. The van der Waals surface area contributed by atoms with E-state index in [1.54, 1.807) is 24.8 Å². The van der Waals surface area contributed by atoms with Crippen molar-refractivity contribution in [2.24, 2.45) is 0 Å². The van der Waals surface area contributed by atoms with Crippen molar-refractivity contribution in [3.63, 3.8) is 0 Å². The maximum atomic E-state index is 12.6. The molecule has 3 heterocycles. The average Bonchev–Trinajstić information content (AvgIpc) is 2.88. The number of β-amino-alcohol motifs (C(OH)–C–C–N with tert-alkyl or cyclic N) is 1. The zero-order chi connectivity index (χ0) is 16.6. The topological polar surface area (TPSA) is 69.8 Å². The third-order valence-electron chi connectivity index (χ3n) is 3.99. The summed E-state index contributed by atoms with van der Waals surface area (Å²) in [6, 6.07) is 5.43. The van der Waals surface area contributed by atoms with Crippen molar-refractivity contribution in [3.05, 3.63) is 29.7 Å². The van der Waals surface area contributed by atoms with E-state index < -0.39 is 5.60 Å². The van der Waals surface area contributed by atoms with Crippen LogP contribution < -0.4 is 0 Å². The number of aliphatic hydroxyl groups is 1. The Kier molecular flexibility index (Phi) is 4.12. The Hall–Kier alpha value is -1.92. The lowest BCUT2D eigenvalue weighted by atomic mass is 10.1. The summed E-state index contributed by atoms with van der Waals surface area (Å²) in [6.45, 7) is 8.91. The fourth-order valence-electron chi connectivity index (χ4n) is 2.94. The number of amides is 1. The smallest absolute Gasteiger partial charge is 0.289 e. The fourth-order valence-corrected chi connectivity index (χ4v) is 2.94. The molecule has 6 nitrogen and oxygen atoms in total.